The first-order chi connectivity index (χ1) is 9.31. The van der Waals surface area contributed by atoms with Crippen LogP contribution in [0.2, 0.25) is 0 Å². The van der Waals surface area contributed by atoms with E-state index in [0.29, 0.717) is 11.8 Å². The summed E-state index contributed by atoms with van der Waals surface area (Å²) in [4.78, 5) is 0.866. The Morgan fingerprint density at radius 2 is 2.32 bits per heavy atom. The van der Waals surface area contributed by atoms with Gasteiger partial charge >= 0.3 is 0 Å². The molecule has 0 radical (unpaired) electrons. The van der Waals surface area contributed by atoms with Crippen LogP contribution in [0.15, 0.2) is 12.2 Å². The number of allylic oxidation sites excluding steroid dienone is 1. The third-order valence-electron chi connectivity index (χ3n) is 3.76. The van der Waals surface area contributed by atoms with E-state index < -0.39 is 0 Å². The van der Waals surface area contributed by atoms with E-state index in [9.17, 15) is 0 Å². The van der Waals surface area contributed by atoms with Crippen molar-refractivity contribution in [3.05, 3.63) is 23.0 Å². The Morgan fingerprint density at radius 1 is 1.37 bits per heavy atom. The Balaban J connectivity index is 1.70. The van der Waals surface area contributed by atoms with E-state index >= 15 is 0 Å². The molecule has 0 bridgehead atoms. The second kappa shape index (κ2) is 4.36. The predicted molar refractivity (Wildman–Crippen MR) is 71.3 cm³/mol. The van der Waals surface area contributed by atoms with Gasteiger partial charge in [-0.1, -0.05) is 23.5 Å². The van der Waals surface area contributed by atoms with Crippen molar-refractivity contribution in [2.45, 2.75) is 30.7 Å². The molecule has 3 unspecified atom stereocenters. The number of nitrogens with zero attached hydrogens (tertiary/aromatic N) is 4. The van der Waals surface area contributed by atoms with Crippen LogP contribution < -0.4 is 5.73 Å². The van der Waals surface area contributed by atoms with Crippen LogP contribution in [0.4, 0.5) is 0 Å². The van der Waals surface area contributed by atoms with Crippen molar-refractivity contribution in [2.24, 2.45) is 5.73 Å². The van der Waals surface area contributed by atoms with Gasteiger partial charge in [0.25, 0.3) is 0 Å². The quantitative estimate of drug-likeness (QED) is 0.830. The molecule has 1 aliphatic carbocycles. The van der Waals surface area contributed by atoms with Crippen LogP contribution in [-0.2, 0) is 4.74 Å². The largest absolute Gasteiger partial charge is 0.381 e. The van der Waals surface area contributed by atoms with Gasteiger partial charge in [-0.25, -0.2) is 0 Å². The first kappa shape index (κ1) is 11.5. The van der Waals surface area contributed by atoms with E-state index in [2.05, 4.69) is 27.4 Å². The molecule has 2 aliphatic rings. The fourth-order valence-corrected chi connectivity index (χ4v) is 3.64. The number of ether oxygens (including phenoxy) is 1. The molecular formula is C12H15N5OS. The lowest BCUT2D eigenvalue weighted by Crippen LogP contribution is -2.14. The maximum absolute atomic E-state index is 5.90. The molecule has 6 nitrogen and oxygen atoms in total. The fourth-order valence-electron chi connectivity index (χ4n) is 2.70. The van der Waals surface area contributed by atoms with Gasteiger partial charge in [0.05, 0.1) is 6.61 Å². The molecule has 0 saturated carbocycles. The van der Waals surface area contributed by atoms with Crippen LogP contribution in [-0.4, -0.2) is 39.1 Å². The zero-order valence-corrected chi connectivity index (χ0v) is 11.2. The van der Waals surface area contributed by atoms with Crippen LogP contribution in [0.1, 0.15) is 35.5 Å². The van der Waals surface area contributed by atoms with Gasteiger partial charge in [0, 0.05) is 24.5 Å². The molecular weight excluding hydrogens is 262 g/mol. The molecule has 1 aliphatic heterocycles. The molecule has 0 spiro atoms. The van der Waals surface area contributed by atoms with Crippen LogP contribution >= 0.6 is 11.3 Å². The minimum absolute atomic E-state index is 0.155. The summed E-state index contributed by atoms with van der Waals surface area (Å²) < 4.78 is 7.30. The molecule has 0 amide bonds. The van der Waals surface area contributed by atoms with E-state index in [-0.39, 0.29) is 6.04 Å². The van der Waals surface area contributed by atoms with Gasteiger partial charge in [-0.15, -0.1) is 10.2 Å². The summed E-state index contributed by atoms with van der Waals surface area (Å²) in [5, 5.41) is 14.3. The predicted octanol–water partition coefficient (Wildman–Crippen LogP) is 1.06. The molecule has 1 fully saturated rings. The normalized spacial score (nSPS) is 30.7. The highest BCUT2D eigenvalue weighted by Gasteiger charge is 2.27. The molecule has 3 atom stereocenters. The van der Waals surface area contributed by atoms with Gasteiger partial charge in [-0.05, 0) is 12.8 Å². The molecule has 0 aromatic carbocycles. The summed E-state index contributed by atoms with van der Waals surface area (Å²) in [7, 11) is 0. The summed E-state index contributed by atoms with van der Waals surface area (Å²) in [5.74, 6) is 1.59. The number of fused-ring (bicyclic) bond motifs is 1. The Kier molecular flexibility index (Phi) is 2.64. The van der Waals surface area contributed by atoms with Crippen molar-refractivity contribution in [2.75, 3.05) is 13.2 Å². The average molecular weight is 277 g/mol. The molecule has 2 aromatic heterocycles. The van der Waals surface area contributed by atoms with Gasteiger partial charge in [-0.3, -0.25) is 0 Å². The molecule has 1 saturated heterocycles. The highest BCUT2D eigenvalue weighted by molar-refractivity contribution is 7.16. The van der Waals surface area contributed by atoms with Gasteiger partial charge in [0.2, 0.25) is 4.96 Å². The number of aromatic nitrogens is 4. The number of hydrogen-bond donors (Lipinski definition) is 1. The number of nitrogens with two attached hydrogens (primary N) is 1. The van der Waals surface area contributed by atoms with Crippen LogP contribution in [0.3, 0.4) is 0 Å². The minimum atomic E-state index is 0.155. The molecule has 100 valence electrons. The van der Waals surface area contributed by atoms with Crippen molar-refractivity contribution < 1.29 is 4.74 Å². The molecule has 3 heterocycles. The third-order valence-corrected chi connectivity index (χ3v) is 4.79. The second-order valence-corrected chi connectivity index (χ2v) is 6.13. The van der Waals surface area contributed by atoms with Crippen LogP contribution in [0, 0.1) is 0 Å². The van der Waals surface area contributed by atoms with E-state index in [1.165, 1.54) is 0 Å². The highest BCUT2D eigenvalue weighted by Crippen LogP contribution is 2.32. The first-order valence-corrected chi connectivity index (χ1v) is 7.36. The summed E-state index contributed by atoms with van der Waals surface area (Å²) in [5.41, 5.74) is 5.90. The number of hydrogen-bond acceptors (Lipinski definition) is 6. The molecule has 2 N–H and O–H groups in total. The monoisotopic (exact) mass is 277 g/mol. The maximum atomic E-state index is 5.90. The van der Waals surface area contributed by atoms with Gasteiger partial charge in [-0.2, -0.15) is 9.61 Å². The molecule has 2 aromatic rings. The van der Waals surface area contributed by atoms with E-state index in [0.717, 1.165) is 41.8 Å². The standard InChI is InChI=1S/C12H15N5OS/c13-9-2-1-7(5-9)11-16-17-10(8-3-4-18-6-8)14-15-12(17)19-11/h1-2,7-9H,3-6,13H2. The van der Waals surface area contributed by atoms with Gasteiger partial charge in [0.1, 0.15) is 5.01 Å². The fraction of sp³-hybridized carbons (Fsp3) is 0.583. The topological polar surface area (TPSA) is 78.3 Å². The highest BCUT2D eigenvalue weighted by atomic mass is 32.1. The maximum Gasteiger partial charge on any atom is 0.234 e. The minimum Gasteiger partial charge on any atom is -0.381 e. The van der Waals surface area contributed by atoms with Crippen molar-refractivity contribution in [3.8, 4) is 0 Å². The van der Waals surface area contributed by atoms with Crippen LogP contribution in [0.5, 0.6) is 0 Å². The lowest BCUT2D eigenvalue weighted by molar-refractivity contribution is 0.193. The zero-order valence-electron chi connectivity index (χ0n) is 10.4. The third kappa shape index (κ3) is 1.89. The second-order valence-electron chi connectivity index (χ2n) is 5.14. The molecule has 19 heavy (non-hydrogen) atoms. The Labute approximate surface area is 114 Å². The van der Waals surface area contributed by atoms with Crippen molar-refractivity contribution in [1.82, 2.24) is 19.8 Å². The van der Waals surface area contributed by atoms with Gasteiger partial charge < -0.3 is 10.5 Å². The smallest absolute Gasteiger partial charge is 0.234 e. The lowest BCUT2D eigenvalue weighted by Gasteiger charge is -2.04. The van der Waals surface area contributed by atoms with Crippen molar-refractivity contribution >= 4 is 16.3 Å². The molecule has 4 rings (SSSR count). The number of rotatable bonds is 2. The van der Waals surface area contributed by atoms with E-state index in [1.807, 2.05) is 4.52 Å². The zero-order chi connectivity index (χ0) is 12.8. The van der Waals surface area contributed by atoms with Crippen LogP contribution in [0.25, 0.3) is 4.96 Å². The lowest BCUT2D eigenvalue weighted by atomic mass is 10.1. The first-order valence-electron chi connectivity index (χ1n) is 6.55. The van der Waals surface area contributed by atoms with E-state index in [4.69, 9.17) is 10.5 Å². The SMILES string of the molecule is NC1C=CC(c2nn3c(C4CCOC4)nnc3s2)C1. The average Bonchev–Trinajstić information content (AvgIpc) is 3.11. The Bertz CT molecular complexity index is 627. The summed E-state index contributed by atoms with van der Waals surface area (Å²) in [6.45, 7) is 1.53. The van der Waals surface area contributed by atoms with Crippen molar-refractivity contribution in [1.29, 1.82) is 0 Å². The summed E-state index contributed by atoms with van der Waals surface area (Å²) in [6, 6.07) is 0.155. The Morgan fingerprint density at radius 3 is 3.05 bits per heavy atom. The summed E-state index contributed by atoms with van der Waals surface area (Å²) in [6.07, 6.45) is 6.14. The van der Waals surface area contributed by atoms with Gasteiger partial charge in [0.15, 0.2) is 5.82 Å². The molecule has 7 heteroatoms. The van der Waals surface area contributed by atoms with E-state index in [1.54, 1.807) is 11.3 Å². The van der Waals surface area contributed by atoms with Crippen molar-refractivity contribution in [3.63, 3.8) is 0 Å². The summed E-state index contributed by atoms with van der Waals surface area (Å²) >= 11 is 1.61. The Hall–Kier alpha value is -1.31.